The van der Waals surface area contributed by atoms with Crippen molar-refractivity contribution in [1.82, 2.24) is 10.6 Å². The van der Waals surface area contributed by atoms with Crippen molar-refractivity contribution in [2.75, 3.05) is 13.1 Å². The maximum absolute atomic E-state index is 3.22. The Morgan fingerprint density at radius 2 is 2.67 bits per heavy atom. The van der Waals surface area contributed by atoms with Crippen LogP contribution in [0, 0.1) is 6.04 Å². The molecule has 0 saturated carbocycles. The summed E-state index contributed by atoms with van der Waals surface area (Å²) >= 11 is 0. The minimum absolute atomic E-state index is 0.769. The van der Waals surface area contributed by atoms with Crippen LogP contribution in [0.1, 0.15) is 0 Å². The molecule has 0 aromatic carbocycles. The Kier molecular flexibility index (Phi) is 0.383. The minimum Gasteiger partial charge on any atom is -0.313 e. The van der Waals surface area contributed by atoms with Gasteiger partial charge in [-0.15, -0.1) is 0 Å². The van der Waals surface area contributed by atoms with Crippen LogP contribution in [0.15, 0.2) is 0 Å². The molecule has 2 N–H and O–H groups in total. The fourth-order valence-corrected chi connectivity index (χ4v) is 0.882. The maximum Gasteiger partial charge on any atom is 0.0689 e. The van der Waals surface area contributed by atoms with Gasteiger partial charge in [0.15, 0.2) is 0 Å². The summed E-state index contributed by atoms with van der Waals surface area (Å²) < 4.78 is 0. The third kappa shape index (κ3) is 0.235. The summed E-state index contributed by atoms with van der Waals surface area (Å²) in [5.74, 6) is 0. The lowest BCUT2D eigenvalue weighted by atomic mass is 10.4. The van der Waals surface area contributed by atoms with Crippen molar-refractivity contribution >= 4 is 0 Å². The van der Waals surface area contributed by atoms with Crippen LogP contribution in [0.3, 0.4) is 0 Å². The Morgan fingerprint density at radius 3 is 2.83 bits per heavy atom. The van der Waals surface area contributed by atoms with Crippen LogP contribution >= 0.6 is 0 Å². The van der Waals surface area contributed by atoms with Crippen molar-refractivity contribution < 1.29 is 0 Å². The van der Waals surface area contributed by atoms with Crippen LogP contribution in [-0.2, 0) is 0 Å². The number of piperazine rings is 1. The van der Waals surface area contributed by atoms with Gasteiger partial charge in [0.25, 0.3) is 0 Å². The molecule has 2 saturated heterocycles. The molecule has 2 heteroatoms. The van der Waals surface area contributed by atoms with E-state index in [2.05, 4.69) is 10.6 Å². The van der Waals surface area contributed by atoms with Gasteiger partial charge in [-0.2, -0.15) is 0 Å². The standard InChI is InChI=1S/C4H7N2/c1-3-4(6-3)2-5-1/h3,5-6H,1-2H2. The first-order valence-corrected chi connectivity index (χ1v) is 2.30. The SMILES string of the molecule is C1NCC2N[C]12. The van der Waals surface area contributed by atoms with E-state index in [1.807, 2.05) is 0 Å². The molecule has 1 atom stereocenters. The van der Waals surface area contributed by atoms with E-state index in [4.69, 9.17) is 0 Å². The van der Waals surface area contributed by atoms with E-state index < -0.39 is 0 Å². The van der Waals surface area contributed by atoms with Crippen LogP contribution in [0.25, 0.3) is 0 Å². The average molecular weight is 83.1 g/mol. The largest absolute Gasteiger partial charge is 0.313 e. The molecule has 0 spiro atoms. The summed E-state index contributed by atoms with van der Waals surface area (Å²) in [5, 5.41) is 6.44. The van der Waals surface area contributed by atoms with Crippen LogP contribution in [0.5, 0.6) is 0 Å². The first kappa shape index (κ1) is 2.99. The van der Waals surface area contributed by atoms with Crippen molar-refractivity contribution in [1.29, 1.82) is 0 Å². The van der Waals surface area contributed by atoms with Gasteiger partial charge in [-0.3, -0.25) is 0 Å². The van der Waals surface area contributed by atoms with Crippen molar-refractivity contribution in [2.45, 2.75) is 6.04 Å². The predicted octanol–water partition coefficient (Wildman–Crippen LogP) is -0.907. The number of hydrogen-bond donors (Lipinski definition) is 2. The van der Waals surface area contributed by atoms with Gasteiger partial charge in [-0.25, -0.2) is 0 Å². The fraction of sp³-hybridized carbons (Fsp3) is 0.750. The van der Waals surface area contributed by atoms with Crippen LogP contribution in [0.2, 0.25) is 0 Å². The van der Waals surface area contributed by atoms with Crippen molar-refractivity contribution in [3.05, 3.63) is 6.04 Å². The normalized spacial score (nSPS) is 43.0. The summed E-state index contributed by atoms with van der Waals surface area (Å²) in [7, 11) is 0. The van der Waals surface area contributed by atoms with E-state index in [1.165, 1.54) is 6.04 Å². The maximum atomic E-state index is 3.22. The molecule has 0 aliphatic carbocycles. The van der Waals surface area contributed by atoms with Crippen molar-refractivity contribution in [3.63, 3.8) is 0 Å². The van der Waals surface area contributed by atoms with Gasteiger partial charge >= 0.3 is 0 Å². The summed E-state index contributed by atoms with van der Waals surface area (Å²) in [6.45, 7) is 2.28. The van der Waals surface area contributed by atoms with Crippen LogP contribution in [0.4, 0.5) is 0 Å². The summed E-state index contributed by atoms with van der Waals surface area (Å²) in [6, 6.07) is 2.28. The van der Waals surface area contributed by atoms with Gasteiger partial charge in [0, 0.05) is 19.1 Å². The third-order valence-corrected chi connectivity index (χ3v) is 1.36. The molecule has 2 nitrogen and oxygen atoms in total. The average Bonchev–Trinajstić information content (AvgIpc) is 2.17. The number of rotatable bonds is 0. The van der Waals surface area contributed by atoms with E-state index in [1.54, 1.807) is 0 Å². The molecular formula is C4H7N2. The fourth-order valence-electron chi connectivity index (χ4n) is 0.882. The summed E-state index contributed by atoms with van der Waals surface area (Å²) in [6.07, 6.45) is 0. The molecule has 1 unspecified atom stereocenters. The monoisotopic (exact) mass is 83.1 g/mol. The molecule has 1 radical (unpaired) electrons. The van der Waals surface area contributed by atoms with E-state index in [9.17, 15) is 0 Å². The topological polar surface area (TPSA) is 34.0 Å². The molecule has 0 amide bonds. The van der Waals surface area contributed by atoms with Crippen LogP contribution in [-0.4, -0.2) is 19.1 Å². The molecule has 2 aliphatic heterocycles. The minimum atomic E-state index is 0.769. The third-order valence-electron chi connectivity index (χ3n) is 1.36. The lowest BCUT2D eigenvalue weighted by Gasteiger charge is -1.87. The Balaban J connectivity index is 2.09. The lowest BCUT2D eigenvalue weighted by molar-refractivity contribution is 0.759. The highest BCUT2D eigenvalue weighted by Gasteiger charge is 2.40. The number of hydrogen-bond acceptors (Lipinski definition) is 2. The quantitative estimate of drug-likeness (QED) is 0.372. The van der Waals surface area contributed by atoms with Crippen molar-refractivity contribution in [2.24, 2.45) is 0 Å². The Hall–Kier alpha value is -0.0800. The Morgan fingerprint density at radius 1 is 1.67 bits per heavy atom. The first-order valence-electron chi connectivity index (χ1n) is 2.30. The second-order valence-corrected chi connectivity index (χ2v) is 1.85. The zero-order valence-electron chi connectivity index (χ0n) is 3.49. The molecule has 0 bridgehead atoms. The highest BCUT2D eigenvalue weighted by atomic mass is 15.2. The van der Waals surface area contributed by atoms with E-state index in [0.717, 1.165) is 19.1 Å². The molecule has 0 aromatic heterocycles. The van der Waals surface area contributed by atoms with Gasteiger partial charge in [0.2, 0.25) is 0 Å². The predicted molar refractivity (Wildman–Crippen MR) is 23.0 cm³/mol. The molecule has 2 rings (SSSR count). The summed E-state index contributed by atoms with van der Waals surface area (Å²) in [5.41, 5.74) is 0. The number of nitrogens with one attached hydrogen (secondary N) is 2. The zero-order valence-corrected chi connectivity index (χ0v) is 3.49. The second-order valence-electron chi connectivity index (χ2n) is 1.85. The smallest absolute Gasteiger partial charge is 0.0689 e. The van der Waals surface area contributed by atoms with Gasteiger partial charge < -0.3 is 10.6 Å². The molecule has 6 heavy (non-hydrogen) atoms. The van der Waals surface area contributed by atoms with E-state index >= 15 is 0 Å². The molecular weight excluding hydrogens is 76.1 g/mol. The second kappa shape index (κ2) is 0.768. The van der Waals surface area contributed by atoms with E-state index in [0.29, 0.717) is 0 Å². The highest BCUT2D eigenvalue weighted by Crippen LogP contribution is 2.21. The molecule has 2 aliphatic rings. The Labute approximate surface area is 36.9 Å². The van der Waals surface area contributed by atoms with Crippen LogP contribution < -0.4 is 10.6 Å². The van der Waals surface area contributed by atoms with Gasteiger partial charge in [-0.1, -0.05) is 0 Å². The van der Waals surface area contributed by atoms with Gasteiger partial charge in [0.05, 0.1) is 6.04 Å². The lowest BCUT2D eigenvalue weighted by Crippen LogP contribution is -2.17. The number of fused-ring (bicyclic) bond motifs is 1. The molecule has 2 heterocycles. The van der Waals surface area contributed by atoms with Gasteiger partial charge in [0.1, 0.15) is 0 Å². The van der Waals surface area contributed by atoms with E-state index in [-0.39, 0.29) is 0 Å². The summed E-state index contributed by atoms with van der Waals surface area (Å²) in [4.78, 5) is 0. The first-order chi connectivity index (χ1) is 2.97. The molecule has 33 valence electrons. The Bertz CT molecular complexity index is 63.9. The molecule has 0 aromatic rings. The molecule has 2 fully saturated rings. The van der Waals surface area contributed by atoms with Gasteiger partial charge in [-0.05, 0) is 0 Å². The van der Waals surface area contributed by atoms with Crippen molar-refractivity contribution in [3.8, 4) is 0 Å². The highest BCUT2D eigenvalue weighted by molar-refractivity contribution is 5.22. The zero-order chi connectivity index (χ0) is 3.98.